The SMILES string of the molecule is CCOC(=O)C(Cc1ccc2c(c1)Cc1cc(CCN)ccc1-2)(NC(=O)OCC(C)(C)C)C(=O)OCC. The summed E-state index contributed by atoms with van der Waals surface area (Å²) in [6.07, 6.45) is 0.506. The van der Waals surface area contributed by atoms with Crippen LogP contribution in [-0.4, -0.2) is 49.9 Å². The van der Waals surface area contributed by atoms with Gasteiger partial charge in [-0.15, -0.1) is 0 Å². The van der Waals surface area contributed by atoms with E-state index in [-0.39, 0.29) is 31.7 Å². The van der Waals surface area contributed by atoms with E-state index in [0.29, 0.717) is 12.1 Å². The Balaban J connectivity index is 1.95. The molecule has 3 N–H and O–H groups in total. The van der Waals surface area contributed by atoms with Crippen LogP contribution in [0.1, 0.15) is 56.9 Å². The second-order valence-corrected chi connectivity index (χ2v) is 10.5. The molecule has 0 atom stereocenters. The van der Waals surface area contributed by atoms with Crippen molar-refractivity contribution in [3.05, 3.63) is 58.7 Å². The van der Waals surface area contributed by atoms with Gasteiger partial charge < -0.3 is 19.9 Å². The van der Waals surface area contributed by atoms with Gasteiger partial charge in [0.25, 0.3) is 0 Å². The predicted molar refractivity (Wildman–Crippen MR) is 141 cm³/mol. The van der Waals surface area contributed by atoms with Gasteiger partial charge in [0.1, 0.15) is 0 Å². The highest BCUT2D eigenvalue weighted by Gasteiger charge is 2.51. The van der Waals surface area contributed by atoms with Crippen molar-refractivity contribution in [2.45, 2.75) is 59.4 Å². The topological polar surface area (TPSA) is 117 Å². The summed E-state index contributed by atoms with van der Waals surface area (Å²) in [7, 11) is 0. The van der Waals surface area contributed by atoms with Gasteiger partial charge in [0.05, 0.1) is 19.8 Å². The molecule has 0 saturated heterocycles. The summed E-state index contributed by atoms with van der Waals surface area (Å²) < 4.78 is 15.8. The van der Waals surface area contributed by atoms with Crippen LogP contribution in [0.4, 0.5) is 4.79 Å². The second kappa shape index (κ2) is 11.8. The molecule has 0 heterocycles. The van der Waals surface area contributed by atoms with Crippen molar-refractivity contribution in [1.29, 1.82) is 0 Å². The number of nitrogens with one attached hydrogen (secondary N) is 1. The van der Waals surface area contributed by atoms with Gasteiger partial charge in [0.15, 0.2) is 0 Å². The Morgan fingerprint density at radius 2 is 1.41 bits per heavy atom. The van der Waals surface area contributed by atoms with Crippen molar-refractivity contribution in [2.24, 2.45) is 11.1 Å². The average molecular weight is 511 g/mol. The van der Waals surface area contributed by atoms with Crippen LogP contribution in [0.2, 0.25) is 0 Å². The Morgan fingerprint density at radius 1 is 0.865 bits per heavy atom. The molecule has 1 aliphatic rings. The Kier molecular flexibility index (Phi) is 8.97. The normalized spacial score (nSPS) is 12.4. The maximum atomic E-state index is 13.2. The third kappa shape index (κ3) is 6.68. The highest BCUT2D eigenvalue weighted by Crippen LogP contribution is 2.38. The molecule has 200 valence electrons. The van der Waals surface area contributed by atoms with E-state index in [1.54, 1.807) is 13.8 Å². The predicted octanol–water partition coefficient (Wildman–Crippen LogP) is 3.94. The van der Waals surface area contributed by atoms with E-state index < -0.39 is 23.6 Å². The lowest BCUT2D eigenvalue weighted by atomic mass is 9.89. The molecule has 0 radical (unpaired) electrons. The van der Waals surface area contributed by atoms with Crippen molar-refractivity contribution >= 4 is 18.0 Å². The molecule has 8 heteroatoms. The first-order valence-corrected chi connectivity index (χ1v) is 12.8. The minimum Gasteiger partial charge on any atom is -0.464 e. The van der Waals surface area contributed by atoms with Crippen LogP contribution in [0.15, 0.2) is 36.4 Å². The van der Waals surface area contributed by atoms with Gasteiger partial charge in [-0.1, -0.05) is 57.2 Å². The number of amides is 1. The molecule has 2 aromatic carbocycles. The zero-order valence-corrected chi connectivity index (χ0v) is 22.4. The highest BCUT2D eigenvalue weighted by atomic mass is 16.6. The summed E-state index contributed by atoms with van der Waals surface area (Å²) >= 11 is 0. The summed E-state index contributed by atoms with van der Waals surface area (Å²) in [5, 5.41) is 2.51. The zero-order valence-electron chi connectivity index (χ0n) is 22.4. The summed E-state index contributed by atoms with van der Waals surface area (Å²) in [6.45, 7) is 9.75. The van der Waals surface area contributed by atoms with E-state index in [2.05, 4.69) is 23.5 Å². The lowest BCUT2D eigenvalue weighted by molar-refractivity contribution is -0.166. The fraction of sp³-hybridized carbons (Fsp3) is 0.483. The van der Waals surface area contributed by atoms with E-state index in [9.17, 15) is 14.4 Å². The average Bonchev–Trinajstić information content (AvgIpc) is 3.19. The number of esters is 2. The summed E-state index contributed by atoms with van der Waals surface area (Å²) in [5.41, 5.74) is 9.77. The fourth-order valence-electron chi connectivity index (χ4n) is 4.43. The van der Waals surface area contributed by atoms with Gasteiger partial charge in [0, 0.05) is 6.42 Å². The molecule has 0 aromatic heterocycles. The van der Waals surface area contributed by atoms with Crippen molar-refractivity contribution in [3.63, 3.8) is 0 Å². The molecular weight excluding hydrogens is 472 g/mol. The highest BCUT2D eigenvalue weighted by molar-refractivity contribution is 6.07. The van der Waals surface area contributed by atoms with Crippen molar-refractivity contribution < 1.29 is 28.6 Å². The van der Waals surface area contributed by atoms with Crippen LogP contribution in [0.25, 0.3) is 11.1 Å². The van der Waals surface area contributed by atoms with Crippen molar-refractivity contribution in [2.75, 3.05) is 26.4 Å². The lowest BCUT2D eigenvalue weighted by Crippen LogP contribution is -2.63. The minimum atomic E-state index is -2.09. The molecule has 8 nitrogen and oxygen atoms in total. The summed E-state index contributed by atoms with van der Waals surface area (Å²) in [5.74, 6) is -1.78. The molecular formula is C29H38N2O6. The molecule has 0 aliphatic heterocycles. The Hall–Kier alpha value is -3.39. The van der Waals surface area contributed by atoms with E-state index in [1.165, 1.54) is 11.1 Å². The van der Waals surface area contributed by atoms with Crippen LogP contribution >= 0.6 is 0 Å². The van der Waals surface area contributed by atoms with Crippen molar-refractivity contribution in [3.8, 4) is 11.1 Å². The summed E-state index contributed by atoms with van der Waals surface area (Å²) in [4.78, 5) is 39.2. The Labute approximate surface area is 218 Å². The van der Waals surface area contributed by atoms with Gasteiger partial charge in [0.2, 0.25) is 5.54 Å². The molecule has 2 aromatic rings. The second-order valence-electron chi connectivity index (χ2n) is 10.5. The van der Waals surface area contributed by atoms with Crippen LogP contribution < -0.4 is 11.1 Å². The third-order valence-corrected chi connectivity index (χ3v) is 6.11. The largest absolute Gasteiger partial charge is 0.464 e. The van der Waals surface area contributed by atoms with Gasteiger partial charge in [-0.25, -0.2) is 14.4 Å². The fourth-order valence-corrected chi connectivity index (χ4v) is 4.43. The smallest absolute Gasteiger partial charge is 0.408 e. The molecule has 0 unspecified atom stereocenters. The van der Waals surface area contributed by atoms with Gasteiger partial charge in [-0.3, -0.25) is 5.32 Å². The van der Waals surface area contributed by atoms with Gasteiger partial charge in [-0.2, -0.15) is 0 Å². The van der Waals surface area contributed by atoms with Crippen LogP contribution in [0.5, 0.6) is 0 Å². The number of carbonyl (C=O) groups excluding carboxylic acids is 3. The van der Waals surface area contributed by atoms with Crippen LogP contribution in [0.3, 0.4) is 0 Å². The Bertz CT molecular complexity index is 1130. The van der Waals surface area contributed by atoms with E-state index in [1.807, 2.05) is 39.0 Å². The number of fused-ring (bicyclic) bond motifs is 3. The number of hydrogen-bond donors (Lipinski definition) is 2. The first-order chi connectivity index (χ1) is 17.5. The van der Waals surface area contributed by atoms with E-state index >= 15 is 0 Å². The molecule has 0 fully saturated rings. The molecule has 0 spiro atoms. The Morgan fingerprint density at radius 3 is 1.92 bits per heavy atom. The molecule has 0 bridgehead atoms. The monoisotopic (exact) mass is 510 g/mol. The van der Waals surface area contributed by atoms with Crippen molar-refractivity contribution in [1.82, 2.24) is 5.32 Å². The maximum absolute atomic E-state index is 13.2. The number of alkyl carbamates (subject to hydrolysis) is 1. The minimum absolute atomic E-state index is 0.0311. The molecule has 3 rings (SSSR count). The van der Waals surface area contributed by atoms with Crippen LogP contribution in [0, 0.1) is 5.41 Å². The molecule has 0 saturated carbocycles. The number of carbonyl (C=O) groups is 3. The quantitative estimate of drug-likeness (QED) is 0.241. The first-order valence-electron chi connectivity index (χ1n) is 12.8. The third-order valence-electron chi connectivity index (χ3n) is 6.11. The maximum Gasteiger partial charge on any atom is 0.408 e. The number of rotatable bonds is 10. The molecule has 37 heavy (non-hydrogen) atoms. The van der Waals surface area contributed by atoms with E-state index in [4.69, 9.17) is 19.9 Å². The lowest BCUT2D eigenvalue weighted by Gasteiger charge is -2.30. The van der Waals surface area contributed by atoms with Crippen LogP contribution in [-0.2, 0) is 43.1 Å². The molecule has 1 amide bonds. The van der Waals surface area contributed by atoms with Gasteiger partial charge >= 0.3 is 18.0 Å². The standard InChI is InChI=1S/C29H38N2O6/c1-6-35-25(32)29(26(33)36-7-2,31-27(34)37-18-28(3,4)5)17-20-9-11-24-22(15-20)16-21-14-19(12-13-30)8-10-23(21)24/h8-11,14-15H,6-7,12-13,16-18,30H2,1-5H3,(H,31,34). The number of ether oxygens (including phenoxy) is 3. The molecule has 1 aliphatic carbocycles. The number of benzene rings is 2. The van der Waals surface area contributed by atoms with Gasteiger partial charge in [-0.05, 0) is 72.0 Å². The number of hydrogen-bond acceptors (Lipinski definition) is 7. The number of nitrogens with two attached hydrogens (primary N) is 1. The van der Waals surface area contributed by atoms with E-state index in [0.717, 1.165) is 29.5 Å². The zero-order chi connectivity index (χ0) is 27.2. The summed E-state index contributed by atoms with van der Waals surface area (Å²) in [6, 6.07) is 12.2. The first kappa shape index (κ1) is 28.2.